The lowest BCUT2D eigenvalue weighted by atomic mass is 9.99. The first-order chi connectivity index (χ1) is 19.5. The van der Waals surface area contributed by atoms with Gasteiger partial charge in [-0.05, 0) is 57.6 Å². The normalized spacial score (nSPS) is 17.9. The van der Waals surface area contributed by atoms with Gasteiger partial charge in [0, 0.05) is 25.6 Å². The molecule has 2 heterocycles. The Morgan fingerprint density at radius 2 is 1.98 bits per heavy atom. The minimum atomic E-state index is -0.534. The predicted molar refractivity (Wildman–Crippen MR) is 159 cm³/mol. The summed E-state index contributed by atoms with van der Waals surface area (Å²) in [5.41, 5.74) is 2.63. The molecule has 1 aliphatic heterocycles. The number of ether oxygens (including phenoxy) is 1. The minimum Gasteiger partial charge on any atom is -0.486 e. The number of benzene rings is 2. The van der Waals surface area contributed by atoms with E-state index in [2.05, 4.69) is 20.7 Å². The summed E-state index contributed by atoms with van der Waals surface area (Å²) < 4.78 is 11.7. The number of carbonyl (C=O) groups excluding carboxylic acids is 2. The summed E-state index contributed by atoms with van der Waals surface area (Å²) >= 11 is 12.3. The molecule has 4 rings (SSSR count). The number of nitrogens with one attached hydrogen (secondary N) is 2. The summed E-state index contributed by atoms with van der Waals surface area (Å²) in [4.78, 5) is 30.5. The van der Waals surface area contributed by atoms with Crippen molar-refractivity contribution in [2.24, 2.45) is 5.92 Å². The van der Waals surface area contributed by atoms with E-state index >= 15 is 0 Å². The summed E-state index contributed by atoms with van der Waals surface area (Å²) in [5, 5.41) is 20.4. The SMILES string of the molecule is Cc1noc(C)c1NC(=O)Nc1cccc2c1O[C@@H](CN(C)Cc1ccc(Cl)c(Cl)c1)[C@@H](C)CN([C@H](C)CO)C2=O. The molecule has 2 aromatic carbocycles. The lowest BCUT2D eigenvalue weighted by molar-refractivity contribution is 0.0343. The number of aliphatic hydroxyl groups excluding tert-OH is 1. The Morgan fingerprint density at radius 3 is 2.63 bits per heavy atom. The Labute approximate surface area is 249 Å². The molecule has 3 N–H and O–H groups in total. The van der Waals surface area contributed by atoms with Crippen molar-refractivity contribution in [2.45, 2.75) is 46.4 Å². The Balaban J connectivity index is 1.64. The van der Waals surface area contributed by atoms with Gasteiger partial charge in [-0.25, -0.2) is 4.79 Å². The smallest absolute Gasteiger partial charge is 0.323 e. The van der Waals surface area contributed by atoms with Crippen molar-refractivity contribution in [3.8, 4) is 5.75 Å². The van der Waals surface area contributed by atoms with Crippen LogP contribution in [0.4, 0.5) is 16.2 Å². The lowest BCUT2D eigenvalue weighted by Gasteiger charge is -2.38. The molecular weight excluding hydrogens is 569 g/mol. The lowest BCUT2D eigenvalue weighted by Crippen LogP contribution is -2.49. The fourth-order valence-corrected chi connectivity index (χ4v) is 5.13. The van der Waals surface area contributed by atoms with Crippen molar-refractivity contribution in [2.75, 3.05) is 37.4 Å². The van der Waals surface area contributed by atoms with Gasteiger partial charge in [-0.1, -0.05) is 47.4 Å². The van der Waals surface area contributed by atoms with E-state index in [1.165, 1.54) is 0 Å². The number of hydrogen-bond acceptors (Lipinski definition) is 7. The molecule has 0 unspecified atom stereocenters. The second-order valence-electron chi connectivity index (χ2n) is 10.5. The average molecular weight is 605 g/mol. The van der Waals surface area contributed by atoms with E-state index in [4.69, 9.17) is 32.5 Å². The molecule has 3 amide bonds. The van der Waals surface area contributed by atoms with E-state index in [0.717, 1.165) is 5.56 Å². The van der Waals surface area contributed by atoms with Crippen molar-refractivity contribution in [3.63, 3.8) is 0 Å². The maximum atomic E-state index is 13.7. The van der Waals surface area contributed by atoms with Crippen molar-refractivity contribution in [1.82, 2.24) is 15.0 Å². The van der Waals surface area contributed by atoms with Gasteiger partial charge in [0.2, 0.25) is 0 Å². The third-order valence-electron chi connectivity index (χ3n) is 7.14. The van der Waals surface area contributed by atoms with Crippen LogP contribution in [0.5, 0.6) is 5.75 Å². The second kappa shape index (κ2) is 13.1. The molecule has 0 fully saturated rings. The van der Waals surface area contributed by atoms with Gasteiger partial charge in [-0.15, -0.1) is 0 Å². The summed E-state index contributed by atoms with van der Waals surface area (Å²) in [5.74, 6) is 0.341. The molecule has 3 aromatic rings. The summed E-state index contributed by atoms with van der Waals surface area (Å²) in [6.45, 7) is 8.53. The largest absolute Gasteiger partial charge is 0.486 e. The number of likely N-dealkylation sites (N-methyl/N-ethyl adjacent to an activating group) is 1. The molecule has 0 radical (unpaired) electrons. The number of halogens is 2. The number of fused-ring (bicyclic) bond motifs is 1. The van der Waals surface area contributed by atoms with E-state index in [9.17, 15) is 14.7 Å². The van der Waals surface area contributed by atoms with Crippen LogP contribution >= 0.6 is 23.2 Å². The van der Waals surface area contributed by atoms with E-state index in [1.54, 1.807) is 49.9 Å². The maximum absolute atomic E-state index is 13.7. The number of hydrogen-bond donors (Lipinski definition) is 3. The topological polar surface area (TPSA) is 120 Å². The number of aliphatic hydroxyl groups is 1. The number of nitrogens with zero attached hydrogens (tertiary/aromatic N) is 3. The third kappa shape index (κ3) is 7.13. The van der Waals surface area contributed by atoms with Gasteiger partial charge in [0.1, 0.15) is 17.5 Å². The van der Waals surface area contributed by atoms with Gasteiger partial charge in [0.25, 0.3) is 5.91 Å². The highest BCUT2D eigenvalue weighted by molar-refractivity contribution is 6.42. The average Bonchev–Trinajstić information content (AvgIpc) is 3.24. The molecule has 41 heavy (non-hydrogen) atoms. The zero-order chi connectivity index (χ0) is 29.8. The van der Waals surface area contributed by atoms with Gasteiger partial charge < -0.3 is 29.9 Å². The molecule has 10 nitrogen and oxygen atoms in total. The van der Waals surface area contributed by atoms with Gasteiger partial charge in [-0.3, -0.25) is 9.69 Å². The molecule has 1 aliphatic rings. The highest BCUT2D eigenvalue weighted by Gasteiger charge is 2.34. The summed E-state index contributed by atoms with van der Waals surface area (Å²) in [7, 11) is 1.97. The number of carbonyl (C=O) groups is 2. The molecule has 0 bridgehead atoms. The van der Waals surface area contributed by atoms with E-state index in [1.807, 2.05) is 26.1 Å². The van der Waals surface area contributed by atoms with Crippen LogP contribution in [0.2, 0.25) is 10.0 Å². The zero-order valence-corrected chi connectivity index (χ0v) is 25.2. The standard InChI is InChI=1S/C29H35Cl2N5O5/c1-16-12-36(17(2)15-37)28(38)21-7-6-8-24(32-29(39)33-26-18(3)34-41-19(26)4)27(21)40-25(16)14-35(5)13-20-9-10-22(30)23(31)11-20/h6-11,16-17,25,37H,12-15H2,1-5H3,(H2,32,33,39)/t16-,17+,25-/m0/s1. The van der Waals surface area contributed by atoms with E-state index in [-0.39, 0.29) is 30.3 Å². The number of anilines is 2. The fourth-order valence-electron chi connectivity index (χ4n) is 4.81. The van der Waals surface area contributed by atoms with Crippen LogP contribution in [0.3, 0.4) is 0 Å². The molecule has 0 saturated carbocycles. The second-order valence-corrected chi connectivity index (χ2v) is 11.3. The first kappa shape index (κ1) is 30.6. The zero-order valence-electron chi connectivity index (χ0n) is 23.7. The number of aromatic nitrogens is 1. The Kier molecular flexibility index (Phi) is 9.80. The van der Waals surface area contributed by atoms with Crippen LogP contribution in [0, 0.1) is 19.8 Å². The van der Waals surface area contributed by atoms with Crippen molar-refractivity contribution < 1.29 is 24.0 Å². The van der Waals surface area contributed by atoms with Crippen LogP contribution in [0.15, 0.2) is 40.9 Å². The maximum Gasteiger partial charge on any atom is 0.323 e. The van der Waals surface area contributed by atoms with Crippen LogP contribution in [0.25, 0.3) is 0 Å². The first-order valence-corrected chi connectivity index (χ1v) is 14.1. The van der Waals surface area contributed by atoms with Gasteiger partial charge in [-0.2, -0.15) is 0 Å². The van der Waals surface area contributed by atoms with Gasteiger partial charge >= 0.3 is 6.03 Å². The quantitative estimate of drug-likeness (QED) is 0.307. The Morgan fingerprint density at radius 1 is 1.22 bits per heavy atom. The number of rotatable bonds is 8. The highest BCUT2D eigenvalue weighted by Crippen LogP contribution is 2.35. The number of amides is 3. The monoisotopic (exact) mass is 603 g/mol. The van der Waals surface area contributed by atoms with Crippen molar-refractivity contribution in [1.29, 1.82) is 0 Å². The highest BCUT2D eigenvalue weighted by atomic mass is 35.5. The third-order valence-corrected chi connectivity index (χ3v) is 7.88. The summed E-state index contributed by atoms with van der Waals surface area (Å²) in [6, 6.07) is 9.61. The molecule has 0 spiro atoms. The minimum absolute atomic E-state index is 0.110. The molecule has 1 aromatic heterocycles. The number of para-hydroxylation sites is 1. The van der Waals surface area contributed by atoms with E-state index in [0.29, 0.717) is 58.1 Å². The van der Waals surface area contributed by atoms with E-state index < -0.39 is 12.1 Å². The molecule has 3 atom stereocenters. The number of aryl methyl sites for hydroxylation is 2. The predicted octanol–water partition coefficient (Wildman–Crippen LogP) is 5.59. The fraction of sp³-hybridized carbons (Fsp3) is 0.414. The van der Waals surface area contributed by atoms with Gasteiger partial charge in [0.05, 0.1) is 33.9 Å². The van der Waals surface area contributed by atoms with Crippen LogP contribution in [-0.2, 0) is 6.54 Å². The number of urea groups is 1. The first-order valence-electron chi connectivity index (χ1n) is 13.3. The van der Waals surface area contributed by atoms with Crippen LogP contribution in [0.1, 0.15) is 41.2 Å². The summed E-state index contributed by atoms with van der Waals surface area (Å²) in [6.07, 6.45) is -0.364. The molecule has 12 heteroatoms. The Hall–Kier alpha value is -3.31. The van der Waals surface area contributed by atoms with Crippen LogP contribution in [-0.4, -0.2) is 70.9 Å². The Bertz CT molecular complexity index is 1390. The molecule has 220 valence electrons. The van der Waals surface area contributed by atoms with Crippen molar-refractivity contribution in [3.05, 3.63) is 69.0 Å². The molecule has 0 aliphatic carbocycles. The molecule has 0 saturated heterocycles. The molecular formula is C29H35Cl2N5O5. The van der Waals surface area contributed by atoms with Crippen LogP contribution < -0.4 is 15.4 Å². The van der Waals surface area contributed by atoms with Gasteiger partial charge in [0.15, 0.2) is 11.5 Å². The van der Waals surface area contributed by atoms with Crippen molar-refractivity contribution >= 4 is 46.5 Å².